The number of allylic oxidation sites excluding steroid dienone is 6. The Morgan fingerprint density at radius 2 is 1.72 bits per heavy atom. The topological polar surface area (TPSA) is 0 Å². The highest BCUT2D eigenvalue weighted by atomic mass is 31.1. The molecule has 0 bridgehead atoms. The van der Waals surface area contributed by atoms with Crippen molar-refractivity contribution in [2.24, 2.45) is 0 Å². The summed E-state index contributed by atoms with van der Waals surface area (Å²) in [6.07, 6.45) is 7.03. The highest BCUT2D eigenvalue weighted by Crippen LogP contribution is 2.46. The average Bonchev–Trinajstić information content (AvgIpc) is 2.95. The summed E-state index contributed by atoms with van der Waals surface area (Å²) < 4.78 is 0. The maximum absolute atomic E-state index is 2.38. The van der Waals surface area contributed by atoms with E-state index in [0.29, 0.717) is 0 Å². The Morgan fingerprint density at radius 3 is 2.39 bits per heavy atom. The number of rotatable bonds is 3. The van der Waals surface area contributed by atoms with Crippen molar-refractivity contribution >= 4 is 19.1 Å². The van der Waals surface area contributed by atoms with Crippen LogP contribution in [0.4, 0.5) is 0 Å². The summed E-state index contributed by atoms with van der Waals surface area (Å²) in [5.41, 5.74) is 5.79. The summed E-state index contributed by atoms with van der Waals surface area (Å²) in [7, 11) is 1.42. The van der Waals surface area contributed by atoms with Gasteiger partial charge in [-0.1, -0.05) is 58.5 Å². The number of benzene rings is 1. The first-order valence-electron chi connectivity index (χ1n) is 6.63. The van der Waals surface area contributed by atoms with E-state index in [9.17, 15) is 0 Å². The summed E-state index contributed by atoms with van der Waals surface area (Å²) >= 11 is 0. The molecule has 0 radical (unpaired) electrons. The molecule has 3 rings (SSSR count). The normalized spacial score (nSPS) is 18.4. The number of hydrogen-bond acceptors (Lipinski definition) is 0. The number of fused-ring (bicyclic) bond motifs is 1. The third kappa shape index (κ3) is 1.82. The Morgan fingerprint density at radius 1 is 0.944 bits per heavy atom. The van der Waals surface area contributed by atoms with Gasteiger partial charge in [0, 0.05) is 5.29 Å². The van der Waals surface area contributed by atoms with Gasteiger partial charge in [-0.25, -0.2) is 0 Å². The van der Waals surface area contributed by atoms with Crippen molar-refractivity contribution < 1.29 is 0 Å². The third-order valence-electron chi connectivity index (χ3n) is 3.55. The van der Waals surface area contributed by atoms with Crippen molar-refractivity contribution in [3.8, 4) is 0 Å². The fraction of sp³-hybridized carbons (Fsp3) is 0.235. The zero-order valence-electron chi connectivity index (χ0n) is 10.9. The molecule has 1 aromatic rings. The van der Waals surface area contributed by atoms with Crippen LogP contribution in [0, 0.1) is 0 Å². The molecule has 0 atom stereocenters. The monoisotopic (exact) mass is 252 g/mol. The lowest BCUT2D eigenvalue weighted by atomic mass is 9.96. The Balaban J connectivity index is 2.09. The van der Waals surface area contributed by atoms with Crippen LogP contribution in [0.25, 0.3) is 5.57 Å². The molecule has 0 spiro atoms. The van der Waals surface area contributed by atoms with Crippen molar-refractivity contribution in [3.05, 3.63) is 64.5 Å². The van der Waals surface area contributed by atoms with Crippen LogP contribution >= 0.6 is 8.20 Å². The quantitative estimate of drug-likeness (QED) is 0.647. The molecule has 2 aliphatic rings. The van der Waals surface area contributed by atoms with Gasteiger partial charge in [-0.15, -0.1) is 0 Å². The molecule has 0 N–H and O–H groups in total. The molecule has 0 unspecified atom stereocenters. The van der Waals surface area contributed by atoms with Gasteiger partial charge in [0.25, 0.3) is 0 Å². The van der Waals surface area contributed by atoms with Crippen LogP contribution in [0.1, 0.15) is 32.3 Å². The molecule has 0 amide bonds. The van der Waals surface area contributed by atoms with Crippen LogP contribution in [-0.4, -0.2) is 5.29 Å². The third-order valence-corrected chi connectivity index (χ3v) is 4.97. The van der Waals surface area contributed by atoms with E-state index in [0.717, 1.165) is 12.8 Å². The van der Waals surface area contributed by atoms with E-state index in [2.05, 4.69) is 56.3 Å². The minimum absolute atomic E-state index is 1.13. The van der Waals surface area contributed by atoms with Crippen molar-refractivity contribution in [1.29, 1.82) is 0 Å². The van der Waals surface area contributed by atoms with E-state index < -0.39 is 0 Å². The molecule has 0 aromatic heterocycles. The standard InChI is InChI=1S/C17H17P/c1-3-12-10-14-16(11-12)18-15(4-2)17(14)13-8-6-5-7-9-13/h5-11H,3-4H2,1-2H3. The zero-order valence-corrected chi connectivity index (χ0v) is 11.8. The lowest BCUT2D eigenvalue weighted by Gasteiger charge is -2.08. The molecule has 0 saturated heterocycles. The molecule has 1 aromatic carbocycles. The van der Waals surface area contributed by atoms with E-state index in [-0.39, 0.29) is 0 Å². The molecule has 0 fully saturated rings. The van der Waals surface area contributed by atoms with Gasteiger partial charge in [-0.05, 0) is 46.5 Å². The lowest BCUT2D eigenvalue weighted by Crippen LogP contribution is -1.92. The highest BCUT2D eigenvalue weighted by Gasteiger charge is 2.25. The van der Waals surface area contributed by atoms with Gasteiger partial charge >= 0.3 is 0 Å². The zero-order chi connectivity index (χ0) is 12.5. The maximum Gasteiger partial charge on any atom is 0.0102 e. The van der Waals surface area contributed by atoms with Crippen molar-refractivity contribution in [3.63, 3.8) is 0 Å². The summed E-state index contributed by atoms with van der Waals surface area (Å²) in [5.74, 6) is 0. The van der Waals surface area contributed by atoms with Crippen molar-refractivity contribution in [1.82, 2.24) is 0 Å². The molecule has 0 nitrogen and oxygen atoms in total. The fourth-order valence-corrected chi connectivity index (χ4v) is 3.93. The van der Waals surface area contributed by atoms with E-state index in [4.69, 9.17) is 0 Å². The van der Waals surface area contributed by atoms with E-state index in [1.165, 1.54) is 35.8 Å². The summed E-state index contributed by atoms with van der Waals surface area (Å²) in [5, 5.41) is 3.07. The lowest BCUT2D eigenvalue weighted by molar-refractivity contribution is 1.16. The predicted molar refractivity (Wildman–Crippen MR) is 82.0 cm³/mol. The Labute approximate surface area is 111 Å². The van der Waals surface area contributed by atoms with Gasteiger partial charge in [0.2, 0.25) is 0 Å². The second-order valence-corrected chi connectivity index (χ2v) is 5.91. The smallest absolute Gasteiger partial charge is 0.0102 e. The van der Waals surface area contributed by atoms with Crippen LogP contribution < -0.4 is 0 Å². The minimum Gasteiger partial charge on any atom is -0.0636 e. The molecule has 90 valence electrons. The van der Waals surface area contributed by atoms with Crippen LogP contribution in [0.15, 0.2) is 58.9 Å². The molecule has 18 heavy (non-hydrogen) atoms. The predicted octanol–water partition coefficient (Wildman–Crippen LogP) is 5.22. The van der Waals surface area contributed by atoms with Crippen LogP contribution in [0.3, 0.4) is 0 Å². The van der Waals surface area contributed by atoms with E-state index >= 15 is 0 Å². The molecule has 1 heteroatoms. The molecule has 1 aliphatic heterocycles. The van der Waals surface area contributed by atoms with E-state index in [1.807, 2.05) is 0 Å². The van der Waals surface area contributed by atoms with Crippen molar-refractivity contribution in [2.75, 3.05) is 0 Å². The fourth-order valence-electron chi connectivity index (χ4n) is 2.59. The molecular formula is C17H17P. The highest BCUT2D eigenvalue weighted by molar-refractivity contribution is 7.48. The average molecular weight is 252 g/mol. The molecule has 0 saturated carbocycles. The van der Waals surface area contributed by atoms with Gasteiger partial charge in [-0.2, -0.15) is 0 Å². The Kier molecular flexibility index (Phi) is 3.06. The molecule has 1 aliphatic carbocycles. The van der Waals surface area contributed by atoms with Crippen LogP contribution in [-0.2, 0) is 0 Å². The first-order valence-corrected chi connectivity index (χ1v) is 7.53. The summed E-state index contributed by atoms with van der Waals surface area (Å²) in [4.78, 5) is 0. The second kappa shape index (κ2) is 4.71. The van der Waals surface area contributed by atoms with Gasteiger partial charge in [0.1, 0.15) is 0 Å². The first kappa shape index (κ1) is 11.7. The second-order valence-electron chi connectivity index (χ2n) is 4.67. The van der Waals surface area contributed by atoms with Gasteiger partial charge in [0.05, 0.1) is 0 Å². The van der Waals surface area contributed by atoms with Crippen molar-refractivity contribution in [2.45, 2.75) is 26.7 Å². The largest absolute Gasteiger partial charge is 0.0636 e. The summed E-state index contributed by atoms with van der Waals surface area (Å²) in [6, 6.07) is 10.8. The van der Waals surface area contributed by atoms with Gasteiger partial charge < -0.3 is 0 Å². The summed E-state index contributed by atoms with van der Waals surface area (Å²) in [6.45, 7) is 4.49. The Hall–Kier alpha value is -1.39. The SMILES string of the molecule is CCC1=CC2=PC(CC)=C(c3ccccc3)C2=C1. The van der Waals surface area contributed by atoms with Crippen LogP contribution in [0.5, 0.6) is 0 Å². The minimum atomic E-state index is 1.13. The molecular weight excluding hydrogens is 235 g/mol. The van der Waals surface area contributed by atoms with Gasteiger partial charge in [0.15, 0.2) is 0 Å². The van der Waals surface area contributed by atoms with Gasteiger partial charge in [-0.3, -0.25) is 0 Å². The number of hydrogen-bond donors (Lipinski definition) is 0. The maximum atomic E-state index is 2.38. The van der Waals surface area contributed by atoms with Crippen LogP contribution in [0.2, 0.25) is 0 Å². The molecule has 1 heterocycles. The van der Waals surface area contributed by atoms with E-state index in [1.54, 1.807) is 5.31 Å². The first-order chi connectivity index (χ1) is 8.83. The Bertz CT molecular complexity index is 598.